The van der Waals surface area contributed by atoms with Gasteiger partial charge in [-0.15, -0.1) is 11.3 Å². The van der Waals surface area contributed by atoms with E-state index in [1.807, 2.05) is 18.2 Å². The van der Waals surface area contributed by atoms with E-state index < -0.39 is 0 Å². The molecule has 0 fully saturated rings. The lowest BCUT2D eigenvalue weighted by atomic mass is 10.0. The molecular formula is C15H18ClNOS. The fraction of sp³-hybridized carbons (Fsp3) is 0.333. The Balaban J connectivity index is 2.08. The highest BCUT2D eigenvalue weighted by Gasteiger charge is 2.15. The average Bonchev–Trinajstić information content (AvgIpc) is 2.84. The van der Waals surface area contributed by atoms with Crippen LogP contribution in [-0.2, 0) is 0 Å². The summed E-state index contributed by atoms with van der Waals surface area (Å²) < 4.78 is 0.821. The van der Waals surface area contributed by atoms with Gasteiger partial charge in [0.2, 0.25) is 0 Å². The maximum Gasteiger partial charge on any atom is 0.115 e. The van der Waals surface area contributed by atoms with Crippen molar-refractivity contribution in [3.05, 3.63) is 51.2 Å². The van der Waals surface area contributed by atoms with Gasteiger partial charge in [-0.3, -0.25) is 0 Å². The van der Waals surface area contributed by atoms with Crippen LogP contribution in [0.4, 0.5) is 0 Å². The molecule has 4 heteroatoms. The second kappa shape index (κ2) is 6.42. The molecule has 0 aliphatic carbocycles. The Morgan fingerprint density at radius 2 is 1.89 bits per heavy atom. The molecule has 19 heavy (non-hydrogen) atoms. The van der Waals surface area contributed by atoms with E-state index in [4.69, 9.17) is 11.6 Å². The van der Waals surface area contributed by atoms with Crippen molar-refractivity contribution in [2.24, 2.45) is 0 Å². The van der Waals surface area contributed by atoms with E-state index in [0.717, 1.165) is 10.8 Å². The molecule has 2 N–H and O–H groups in total. The monoisotopic (exact) mass is 295 g/mol. The van der Waals surface area contributed by atoms with Crippen LogP contribution < -0.4 is 5.32 Å². The zero-order valence-corrected chi connectivity index (χ0v) is 12.6. The van der Waals surface area contributed by atoms with Crippen LogP contribution in [0.2, 0.25) is 4.34 Å². The van der Waals surface area contributed by atoms with Gasteiger partial charge >= 0.3 is 0 Å². The molecule has 0 radical (unpaired) electrons. The van der Waals surface area contributed by atoms with Gasteiger partial charge in [0.25, 0.3) is 0 Å². The normalized spacial score (nSPS) is 14.3. The van der Waals surface area contributed by atoms with Crippen molar-refractivity contribution < 1.29 is 5.11 Å². The summed E-state index contributed by atoms with van der Waals surface area (Å²) in [4.78, 5) is 1.24. The van der Waals surface area contributed by atoms with E-state index in [1.165, 1.54) is 10.4 Å². The lowest BCUT2D eigenvalue weighted by molar-refractivity contribution is 0.456. The Hall–Kier alpha value is -1.03. The molecule has 2 rings (SSSR count). The Morgan fingerprint density at radius 1 is 1.21 bits per heavy atom. The van der Waals surface area contributed by atoms with Crippen LogP contribution in [0.5, 0.6) is 5.75 Å². The number of phenolic OH excluding ortho intramolecular Hbond substituents is 1. The standard InChI is InChI=1S/C15H18ClNOS/c1-3-13(11-4-6-12(18)7-5-11)17-10(2)14-8-9-15(16)19-14/h4-10,13,17-18H,3H2,1-2H3. The molecule has 2 aromatic rings. The average molecular weight is 296 g/mol. The second-order valence-corrected chi connectivity index (χ2v) is 6.33. The molecule has 2 atom stereocenters. The Labute approximate surface area is 123 Å². The maximum absolute atomic E-state index is 9.34. The maximum atomic E-state index is 9.34. The number of nitrogens with one attached hydrogen (secondary N) is 1. The van der Waals surface area contributed by atoms with Gasteiger partial charge < -0.3 is 10.4 Å². The highest BCUT2D eigenvalue weighted by molar-refractivity contribution is 7.16. The van der Waals surface area contributed by atoms with E-state index >= 15 is 0 Å². The predicted octanol–water partition coefficient (Wildman–Crippen LogP) is 4.91. The van der Waals surface area contributed by atoms with E-state index in [0.29, 0.717) is 5.75 Å². The van der Waals surface area contributed by atoms with E-state index in [-0.39, 0.29) is 12.1 Å². The SMILES string of the molecule is CCC(NC(C)c1ccc(Cl)s1)c1ccc(O)cc1. The fourth-order valence-corrected chi connectivity index (χ4v) is 3.17. The summed E-state index contributed by atoms with van der Waals surface area (Å²) in [5.41, 5.74) is 1.19. The Bertz CT molecular complexity index is 523. The summed E-state index contributed by atoms with van der Waals surface area (Å²) in [7, 11) is 0. The Morgan fingerprint density at radius 3 is 2.42 bits per heavy atom. The molecule has 0 saturated heterocycles. The first kappa shape index (κ1) is 14.4. The van der Waals surface area contributed by atoms with Crippen molar-refractivity contribution in [3.63, 3.8) is 0 Å². The van der Waals surface area contributed by atoms with Gasteiger partial charge in [-0.05, 0) is 43.2 Å². The Kier molecular flexibility index (Phi) is 4.86. The van der Waals surface area contributed by atoms with E-state index in [2.05, 4.69) is 25.2 Å². The lowest BCUT2D eigenvalue weighted by Crippen LogP contribution is -2.23. The van der Waals surface area contributed by atoms with Gasteiger partial charge in [-0.1, -0.05) is 30.7 Å². The molecule has 2 nitrogen and oxygen atoms in total. The lowest BCUT2D eigenvalue weighted by Gasteiger charge is -2.22. The van der Waals surface area contributed by atoms with Crippen LogP contribution in [0.1, 0.15) is 42.8 Å². The number of hydrogen-bond donors (Lipinski definition) is 2. The zero-order valence-electron chi connectivity index (χ0n) is 11.1. The molecule has 0 spiro atoms. The minimum atomic E-state index is 0.260. The van der Waals surface area contributed by atoms with Gasteiger partial charge in [0, 0.05) is 17.0 Å². The molecule has 0 bridgehead atoms. The van der Waals surface area contributed by atoms with Crippen molar-refractivity contribution >= 4 is 22.9 Å². The molecule has 1 heterocycles. The van der Waals surface area contributed by atoms with E-state index in [9.17, 15) is 5.11 Å². The summed E-state index contributed by atoms with van der Waals surface area (Å²) in [6, 6.07) is 11.9. The summed E-state index contributed by atoms with van der Waals surface area (Å²) in [5.74, 6) is 0.302. The molecule has 0 aliphatic rings. The number of benzene rings is 1. The number of halogens is 1. The summed E-state index contributed by atoms with van der Waals surface area (Å²) in [6.45, 7) is 4.30. The number of aromatic hydroxyl groups is 1. The first-order valence-electron chi connectivity index (χ1n) is 6.40. The van der Waals surface area contributed by atoms with Gasteiger partial charge in [-0.25, -0.2) is 0 Å². The third-order valence-corrected chi connectivity index (χ3v) is 4.59. The number of rotatable bonds is 5. The van der Waals surface area contributed by atoms with Gasteiger partial charge in [0.1, 0.15) is 5.75 Å². The predicted molar refractivity (Wildman–Crippen MR) is 82.0 cm³/mol. The first-order chi connectivity index (χ1) is 9.10. The van der Waals surface area contributed by atoms with Crippen LogP contribution in [0.25, 0.3) is 0 Å². The summed E-state index contributed by atoms with van der Waals surface area (Å²) >= 11 is 7.58. The third kappa shape index (κ3) is 3.72. The smallest absolute Gasteiger partial charge is 0.115 e. The third-order valence-electron chi connectivity index (χ3n) is 3.18. The van der Waals surface area contributed by atoms with Crippen molar-refractivity contribution in [3.8, 4) is 5.75 Å². The minimum absolute atomic E-state index is 0.260. The van der Waals surface area contributed by atoms with Gasteiger partial charge in [0.05, 0.1) is 4.34 Å². The molecule has 102 valence electrons. The molecule has 1 aromatic heterocycles. The topological polar surface area (TPSA) is 32.3 Å². The number of thiophene rings is 1. The second-order valence-electron chi connectivity index (χ2n) is 4.58. The summed E-state index contributed by atoms with van der Waals surface area (Å²) in [5, 5.41) is 12.9. The fourth-order valence-electron chi connectivity index (χ4n) is 2.10. The van der Waals surface area contributed by atoms with Gasteiger partial charge in [-0.2, -0.15) is 0 Å². The molecular weight excluding hydrogens is 278 g/mol. The van der Waals surface area contributed by atoms with E-state index in [1.54, 1.807) is 23.5 Å². The highest BCUT2D eigenvalue weighted by atomic mass is 35.5. The quantitative estimate of drug-likeness (QED) is 0.821. The van der Waals surface area contributed by atoms with Crippen molar-refractivity contribution in [2.75, 3.05) is 0 Å². The molecule has 2 unspecified atom stereocenters. The van der Waals surface area contributed by atoms with Crippen LogP contribution in [0.3, 0.4) is 0 Å². The van der Waals surface area contributed by atoms with Crippen molar-refractivity contribution in [1.29, 1.82) is 0 Å². The number of phenols is 1. The largest absolute Gasteiger partial charge is 0.508 e. The molecule has 0 saturated carbocycles. The minimum Gasteiger partial charge on any atom is -0.508 e. The highest BCUT2D eigenvalue weighted by Crippen LogP contribution is 2.29. The molecule has 0 aliphatic heterocycles. The van der Waals surface area contributed by atoms with Crippen LogP contribution in [-0.4, -0.2) is 5.11 Å². The molecule has 0 amide bonds. The van der Waals surface area contributed by atoms with Crippen LogP contribution >= 0.6 is 22.9 Å². The van der Waals surface area contributed by atoms with Crippen LogP contribution in [0, 0.1) is 0 Å². The van der Waals surface area contributed by atoms with Crippen LogP contribution in [0.15, 0.2) is 36.4 Å². The van der Waals surface area contributed by atoms with Crippen molar-refractivity contribution in [1.82, 2.24) is 5.32 Å². The van der Waals surface area contributed by atoms with Gasteiger partial charge in [0.15, 0.2) is 0 Å². The summed E-state index contributed by atoms with van der Waals surface area (Å²) in [6.07, 6.45) is 0.994. The zero-order chi connectivity index (χ0) is 13.8. The molecule has 1 aromatic carbocycles. The number of hydrogen-bond acceptors (Lipinski definition) is 3. The van der Waals surface area contributed by atoms with Crippen molar-refractivity contribution in [2.45, 2.75) is 32.4 Å². The first-order valence-corrected chi connectivity index (χ1v) is 7.59.